The minimum Gasteiger partial charge on any atom is -0.478 e. The molecular weight excluding hydrogens is 330 g/mol. The number of nitrogens with zero attached hydrogens (tertiary/aromatic N) is 1. The molecule has 3 N–H and O–H groups in total. The van der Waals surface area contributed by atoms with Crippen LogP contribution < -0.4 is 10.9 Å². The first-order valence-electron chi connectivity index (χ1n) is 5.96. The van der Waals surface area contributed by atoms with E-state index in [1.165, 1.54) is 30.5 Å². The number of nitrogens with one attached hydrogen (secondary N) is 2. The van der Waals surface area contributed by atoms with E-state index in [9.17, 15) is 14.4 Å². The molecule has 0 bridgehead atoms. The van der Waals surface area contributed by atoms with Gasteiger partial charge in [0.15, 0.2) is 5.16 Å². The van der Waals surface area contributed by atoms with Crippen molar-refractivity contribution in [1.82, 2.24) is 9.97 Å². The quantitative estimate of drug-likeness (QED) is 0.566. The van der Waals surface area contributed by atoms with Crippen molar-refractivity contribution in [3.63, 3.8) is 0 Å². The van der Waals surface area contributed by atoms with Crippen LogP contribution in [0.5, 0.6) is 0 Å². The molecule has 9 heteroatoms. The van der Waals surface area contributed by atoms with Gasteiger partial charge in [0, 0.05) is 18.0 Å². The number of thioether (sulfide) groups is 1. The molecule has 1 amide bonds. The lowest BCUT2D eigenvalue weighted by Gasteiger charge is -2.06. The van der Waals surface area contributed by atoms with Gasteiger partial charge in [0.05, 0.1) is 16.3 Å². The number of carbonyl (C=O) groups excluding carboxylic acids is 1. The van der Waals surface area contributed by atoms with Gasteiger partial charge >= 0.3 is 5.97 Å². The van der Waals surface area contributed by atoms with Crippen molar-refractivity contribution >= 4 is 40.9 Å². The van der Waals surface area contributed by atoms with Gasteiger partial charge in [-0.25, -0.2) is 9.78 Å². The van der Waals surface area contributed by atoms with Crippen molar-refractivity contribution in [1.29, 1.82) is 0 Å². The van der Waals surface area contributed by atoms with Crippen LogP contribution in [-0.2, 0) is 4.79 Å². The summed E-state index contributed by atoms with van der Waals surface area (Å²) >= 11 is 6.80. The molecule has 1 aromatic heterocycles. The molecule has 0 unspecified atom stereocenters. The summed E-state index contributed by atoms with van der Waals surface area (Å²) in [5.41, 5.74) is -0.0789. The number of carbonyl (C=O) groups is 2. The summed E-state index contributed by atoms with van der Waals surface area (Å²) in [4.78, 5) is 40.2. The number of carboxylic acid groups (broad SMARTS) is 1. The fourth-order valence-corrected chi connectivity index (χ4v) is 2.37. The van der Waals surface area contributed by atoms with Crippen molar-refractivity contribution in [3.05, 3.63) is 51.4 Å². The Hall–Kier alpha value is -2.32. The standard InChI is InChI=1S/C13H10ClN3O4S/c14-9-2-1-7(5-8(9)12(20)21)16-11(19)6-22-13-15-4-3-10(18)17-13/h1-5H,6H2,(H,16,19)(H,20,21)(H,15,17,18). The number of aromatic amines is 1. The Labute approximate surface area is 133 Å². The number of anilines is 1. The second-order valence-corrected chi connectivity index (χ2v) is 5.45. The predicted octanol–water partition coefficient (Wildman–Crippen LogP) is 1.85. The van der Waals surface area contributed by atoms with Gasteiger partial charge < -0.3 is 15.4 Å². The zero-order chi connectivity index (χ0) is 16.1. The number of carboxylic acids is 1. The highest BCUT2D eigenvalue weighted by atomic mass is 35.5. The number of rotatable bonds is 5. The van der Waals surface area contributed by atoms with Gasteiger partial charge in [-0.15, -0.1) is 0 Å². The molecule has 0 fully saturated rings. The van der Waals surface area contributed by atoms with Crippen LogP contribution in [0.25, 0.3) is 0 Å². The van der Waals surface area contributed by atoms with Crippen LogP contribution in [0.4, 0.5) is 5.69 Å². The number of aromatic nitrogens is 2. The van der Waals surface area contributed by atoms with Gasteiger partial charge in [-0.1, -0.05) is 23.4 Å². The largest absolute Gasteiger partial charge is 0.478 e. The summed E-state index contributed by atoms with van der Waals surface area (Å²) in [7, 11) is 0. The minimum atomic E-state index is -1.18. The molecule has 0 aliphatic carbocycles. The van der Waals surface area contributed by atoms with E-state index in [-0.39, 0.29) is 27.8 Å². The number of hydrogen-bond donors (Lipinski definition) is 3. The number of aromatic carboxylic acids is 1. The van der Waals surface area contributed by atoms with Crippen LogP contribution in [0.1, 0.15) is 10.4 Å². The summed E-state index contributed by atoms with van der Waals surface area (Å²) in [6.45, 7) is 0. The van der Waals surface area contributed by atoms with Gasteiger partial charge in [-0.05, 0) is 18.2 Å². The van der Waals surface area contributed by atoms with E-state index in [0.29, 0.717) is 10.8 Å². The molecule has 0 aliphatic heterocycles. The van der Waals surface area contributed by atoms with Crippen molar-refractivity contribution in [2.45, 2.75) is 5.16 Å². The number of benzene rings is 1. The maximum Gasteiger partial charge on any atom is 0.337 e. The summed E-state index contributed by atoms with van der Waals surface area (Å²) in [6.07, 6.45) is 1.34. The van der Waals surface area contributed by atoms with E-state index in [2.05, 4.69) is 15.3 Å². The molecule has 2 aromatic rings. The number of hydrogen-bond acceptors (Lipinski definition) is 5. The maximum atomic E-state index is 11.8. The Morgan fingerprint density at radius 3 is 2.82 bits per heavy atom. The topological polar surface area (TPSA) is 112 Å². The average molecular weight is 340 g/mol. The van der Waals surface area contributed by atoms with E-state index in [4.69, 9.17) is 16.7 Å². The smallest absolute Gasteiger partial charge is 0.337 e. The van der Waals surface area contributed by atoms with Gasteiger partial charge in [0.2, 0.25) is 5.91 Å². The second kappa shape index (κ2) is 7.10. The SMILES string of the molecule is O=C(CSc1nccc(=O)[nH]1)Nc1ccc(Cl)c(C(=O)O)c1. The van der Waals surface area contributed by atoms with Crippen LogP contribution >= 0.6 is 23.4 Å². The fraction of sp³-hybridized carbons (Fsp3) is 0.0769. The molecule has 7 nitrogen and oxygen atoms in total. The van der Waals surface area contributed by atoms with Crippen molar-refractivity contribution < 1.29 is 14.7 Å². The molecule has 114 valence electrons. The molecular formula is C13H10ClN3O4S. The zero-order valence-electron chi connectivity index (χ0n) is 11.0. The lowest BCUT2D eigenvalue weighted by Crippen LogP contribution is -2.15. The monoisotopic (exact) mass is 339 g/mol. The predicted molar refractivity (Wildman–Crippen MR) is 82.6 cm³/mol. The van der Waals surface area contributed by atoms with Crippen LogP contribution in [-0.4, -0.2) is 32.7 Å². The van der Waals surface area contributed by atoms with Crippen molar-refractivity contribution in [3.8, 4) is 0 Å². The van der Waals surface area contributed by atoms with Crippen LogP contribution in [0.15, 0.2) is 40.4 Å². The lowest BCUT2D eigenvalue weighted by atomic mass is 10.2. The van der Waals surface area contributed by atoms with E-state index in [1.54, 1.807) is 0 Å². The Morgan fingerprint density at radius 2 is 2.14 bits per heavy atom. The summed E-state index contributed by atoms with van der Waals surface area (Å²) in [5.74, 6) is -1.53. The molecule has 2 rings (SSSR count). The summed E-state index contributed by atoms with van der Waals surface area (Å²) in [5, 5.41) is 11.9. The second-order valence-electron chi connectivity index (χ2n) is 4.08. The highest BCUT2D eigenvalue weighted by Crippen LogP contribution is 2.21. The highest BCUT2D eigenvalue weighted by molar-refractivity contribution is 7.99. The van der Waals surface area contributed by atoms with Gasteiger partial charge in [-0.3, -0.25) is 9.59 Å². The van der Waals surface area contributed by atoms with E-state index in [1.807, 2.05) is 0 Å². The fourth-order valence-electron chi connectivity index (χ4n) is 1.52. The molecule has 0 aliphatic rings. The third-order valence-corrected chi connectivity index (χ3v) is 3.69. The molecule has 1 heterocycles. The summed E-state index contributed by atoms with van der Waals surface area (Å²) < 4.78 is 0. The van der Waals surface area contributed by atoms with Gasteiger partial charge in [0.25, 0.3) is 5.56 Å². The highest BCUT2D eigenvalue weighted by Gasteiger charge is 2.11. The number of amides is 1. The molecule has 0 radical (unpaired) electrons. The van der Waals surface area contributed by atoms with E-state index < -0.39 is 5.97 Å². The molecule has 0 saturated heterocycles. The molecule has 0 saturated carbocycles. The molecule has 0 spiro atoms. The van der Waals surface area contributed by atoms with E-state index >= 15 is 0 Å². The van der Waals surface area contributed by atoms with E-state index in [0.717, 1.165) is 11.8 Å². The first-order valence-corrected chi connectivity index (χ1v) is 7.33. The third kappa shape index (κ3) is 4.34. The normalized spacial score (nSPS) is 10.2. The number of halogens is 1. The molecule has 22 heavy (non-hydrogen) atoms. The maximum absolute atomic E-state index is 11.8. The summed E-state index contributed by atoms with van der Waals surface area (Å²) in [6, 6.07) is 5.44. The van der Waals surface area contributed by atoms with Gasteiger partial charge in [-0.2, -0.15) is 0 Å². The minimum absolute atomic E-state index is 0.0119. The lowest BCUT2D eigenvalue weighted by molar-refractivity contribution is -0.113. The Morgan fingerprint density at radius 1 is 1.36 bits per heavy atom. The van der Waals surface area contributed by atoms with Crippen molar-refractivity contribution in [2.24, 2.45) is 0 Å². The zero-order valence-corrected chi connectivity index (χ0v) is 12.6. The third-order valence-electron chi connectivity index (χ3n) is 2.47. The average Bonchev–Trinajstić information content (AvgIpc) is 2.47. The Kier molecular flexibility index (Phi) is 5.18. The van der Waals surface area contributed by atoms with Crippen LogP contribution in [0, 0.1) is 0 Å². The Balaban J connectivity index is 1.99. The van der Waals surface area contributed by atoms with Crippen LogP contribution in [0.2, 0.25) is 5.02 Å². The first kappa shape index (κ1) is 16.1. The number of H-pyrrole nitrogens is 1. The molecule has 0 atom stereocenters. The molecule has 1 aromatic carbocycles. The van der Waals surface area contributed by atoms with Crippen molar-refractivity contribution in [2.75, 3.05) is 11.1 Å². The Bertz CT molecular complexity index is 778. The van der Waals surface area contributed by atoms with Gasteiger partial charge in [0.1, 0.15) is 0 Å². The first-order chi connectivity index (χ1) is 10.5. The van der Waals surface area contributed by atoms with Crippen LogP contribution in [0.3, 0.4) is 0 Å².